The van der Waals surface area contributed by atoms with Gasteiger partial charge in [0.25, 0.3) is 0 Å². The van der Waals surface area contributed by atoms with E-state index in [9.17, 15) is 13.2 Å². The number of carbonyl (C=O) groups excluding carboxylic acids is 1. The van der Waals surface area contributed by atoms with Gasteiger partial charge in [0.1, 0.15) is 5.75 Å². The zero-order valence-electron chi connectivity index (χ0n) is 20.4. The van der Waals surface area contributed by atoms with Crippen molar-refractivity contribution in [2.75, 3.05) is 26.0 Å². The van der Waals surface area contributed by atoms with Crippen LogP contribution in [0.25, 0.3) is 16.7 Å². The molecule has 0 atom stereocenters. The average molecular weight is 579 g/mol. The number of hydrogen-bond acceptors (Lipinski definition) is 6. The van der Waals surface area contributed by atoms with Crippen molar-refractivity contribution in [2.24, 2.45) is 0 Å². The van der Waals surface area contributed by atoms with E-state index in [1.807, 2.05) is 28.8 Å². The third kappa shape index (κ3) is 5.51. The Kier molecular flexibility index (Phi) is 8.50. The van der Waals surface area contributed by atoms with Gasteiger partial charge in [-0.3, -0.25) is 9.36 Å². The summed E-state index contributed by atoms with van der Waals surface area (Å²) in [5, 5.41) is 1.20. The predicted octanol–water partition coefficient (Wildman–Crippen LogP) is 6.35. The minimum absolute atomic E-state index is 0.0844. The summed E-state index contributed by atoms with van der Waals surface area (Å²) in [6, 6.07) is 17.1. The minimum atomic E-state index is -3.67. The molecule has 4 rings (SSSR count). The van der Waals surface area contributed by atoms with E-state index in [-0.39, 0.29) is 16.4 Å². The summed E-state index contributed by atoms with van der Waals surface area (Å²) in [5.41, 5.74) is 2.34. The van der Waals surface area contributed by atoms with Gasteiger partial charge in [0.2, 0.25) is 10.0 Å². The number of hydrogen-bond donors (Lipinski definition) is 0. The summed E-state index contributed by atoms with van der Waals surface area (Å²) >= 11 is 13.3. The number of sulfonamides is 1. The molecule has 4 aromatic rings. The monoisotopic (exact) mass is 577 g/mol. The number of ketones is 1. The van der Waals surface area contributed by atoms with Crippen LogP contribution in [-0.4, -0.2) is 54.0 Å². The van der Waals surface area contributed by atoms with E-state index in [2.05, 4.69) is 0 Å². The molecule has 1 aromatic heterocycles. The van der Waals surface area contributed by atoms with Crippen molar-refractivity contribution >= 4 is 61.8 Å². The fraction of sp³-hybridized carbons (Fsp3) is 0.231. The maximum absolute atomic E-state index is 13.1. The van der Waals surface area contributed by atoms with Gasteiger partial charge >= 0.3 is 0 Å². The highest BCUT2D eigenvalue weighted by molar-refractivity contribution is 7.99. The topological polar surface area (TPSA) is 81.5 Å². The Balaban J connectivity index is 1.79. The van der Waals surface area contributed by atoms with E-state index in [0.29, 0.717) is 50.6 Å². The molecule has 0 aliphatic heterocycles. The number of nitrogens with zero attached hydrogens (tertiary/aromatic N) is 3. The van der Waals surface area contributed by atoms with E-state index in [0.717, 1.165) is 5.69 Å². The second kappa shape index (κ2) is 11.4. The number of aromatic nitrogens is 2. The maximum Gasteiger partial charge on any atom is 0.243 e. The van der Waals surface area contributed by atoms with Crippen LogP contribution < -0.4 is 4.74 Å². The number of ether oxygens (including phenoxy) is 1. The smallest absolute Gasteiger partial charge is 0.243 e. The Morgan fingerprint density at radius 3 is 2.43 bits per heavy atom. The van der Waals surface area contributed by atoms with E-state index in [4.69, 9.17) is 32.9 Å². The molecule has 37 heavy (non-hydrogen) atoms. The third-order valence-electron chi connectivity index (χ3n) is 5.84. The highest BCUT2D eigenvalue weighted by Gasteiger charge is 2.24. The van der Waals surface area contributed by atoms with Gasteiger partial charge in [-0.1, -0.05) is 60.9 Å². The predicted molar refractivity (Wildman–Crippen MR) is 149 cm³/mol. The molecule has 7 nitrogen and oxygen atoms in total. The fourth-order valence-corrected chi connectivity index (χ4v) is 6.63. The molecule has 0 bridgehead atoms. The lowest BCUT2D eigenvalue weighted by Crippen LogP contribution is -2.30. The van der Waals surface area contributed by atoms with E-state index in [1.165, 1.54) is 16.1 Å². The quantitative estimate of drug-likeness (QED) is 0.161. The molecule has 194 valence electrons. The largest absolute Gasteiger partial charge is 0.495 e. The maximum atomic E-state index is 13.1. The van der Waals surface area contributed by atoms with Crippen LogP contribution in [0.15, 0.2) is 70.7 Å². The summed E-state index contributed by atoms with van der Waals surface area (Å²) in [5.74, 6) is 0.549. The Hall–Kier alpha value is -2.56. The van der Waals surface area contributed by atoms with E-state index < -0.39 is 10.0 Å². The first-order chi connectivity index (χ1) is 17.7. The van der Waals surface area contributed by atoms with Gasteiger partial charge in [0.05, 0.1) is 44.5 Å². The number of Topliss-reactive ketones (excluding diaryl/α,β-unsaturated/α-hetero) is 1. The van der Waals surface area contributed by atoms with Crippen LogP contribution in [0.1, 0.15) is 24.2 Å². The zero-order chi connectivity index (χ0) is 26.7. The number of fused-ring (bicyclic) bond motifs is 1. The lowest BCUT2D eigenvalue weighted by Gasteiger charge is -2.18. The number of benzene rings is 3. The summed E-state index contributed by atoms with van der Waals surface area (Å²) in [4.78, 5) is 17.8. The summed E-state index contributed by atoms with van der Waals surface area (Å²) in [7, 11) is -2.09. The first-order valence-electron chi connectivity index (χ1n) is 11.5. The number of para-hydroxylation sites is 2. The molecule has 0 aliphatic rings. The van der Waals surface area contributed by atoms with Crippen LogP contribution >= 0.6 is 35.0 Å². The van der Waals surface area contributed by atoms with Gasteiger partial charge in [-0.25, -0.2) is 13.4 Å². The van der Waals surface area contributed by atoms with Gasteiger partial charge in [-0.15, -0.1) is 0 Å². The third-order valence-corrected chi connectivity index (χ3v) is 9.56. The lowest BCUT2D eigenvalue weighted by atomic mass is 10.1. The van der Waals surface area contributed by atoms with Crippen LogP contribution in [0.4, 0.5) is 0 Å². The van der Waals surface area contributed by atoms with E-state index >= 15 is 0 Å². The van der Waals surface area contributed by atoms with Crippen LogP contribution in [-0.2, 0) is 10.0 Å². The average Bonchev–Trinajstić information content (AvgIpc) is 3.26. The summed E-state index contributed by atoms with van der Waals surface area (Å²) in [6.45, 7) is 4.33. The van der Waals surface area contributed by atoms with Crippen molar-refractivity contribution in [3.8, 4) is 11.4 Å². The summed E-state index contributed by atoms with van der Waals surface area (Å²) in [6.07, 6.45) is 0. The molecule has 0 amide bonds. The number of methoxy groups -OCH3 is 1. The van der Waals surface area contributed by atoms with Crippen LogP contribution in [0, 0.1) is 0 Å². The number of halogens is 2. The Morgan fingerprint density at radius 2 is 1.76 bits per heavy atom. The second-order valence-electron chi connectivity index (χ2n) is 7.98. The number of carbonyl (C=O) groups is 1. The highest BCUT2D eigenvalue weighted by Crippen LogP contribution is 2.34. The highest BCUT2D eigenvalue weighted by atomic mass is 35.5. The summed E-state index contributed by atoms with van der Waals surface area (Å²) < 4.78 is 35.1. The van der Waals surface area contributed by atoms with Crippen LogP contribution in [0.3, 0.4) is 0 Å². The molecule has 11 heteroatoms. The van der Waals surface area contributed by atoms with Gasteiger partial charge in [-0.05, 0) is 48.5 Å². The van der Waals surface area contributed by atoms with Crippen LogP contribution in [0.2, 0.25) is 10.0 Å². The molecule has 0 aliphatic carbocycles. The molecule has 0 fully saturated rings. The van der Waals surface area contributed by atoms with Gasteiger partial charge in [0, 0.05) is 18.7 Å². The molecular formula is C26H25Cl2N3O4S2. The number of thioether (sulfide) groups is 1. The molecule has 3 aromatic carbocycles. The molecule has 0 N–H and O–H groups in total. The van der Waals surface area contributed by atoms with Crippen molar-refractivity contribution < 1.29 is 17.9 Å². The minimum Gasteiger partial charge on any atom is -0.495 e. The number of imidazole rings is 1. The Morgan fingerprint density at radius 1 is 1.03 bits per heavy atom. The SMILES string of the molecule is CCN(CC)S(=O)(=O)c1ccc2c(c1)nc(SCC(=O)c1ccc(Cl)c(Cl)c1)n2-c1ccccc1OC. The Bertz CT molecular complexity index is 1570. The van der Waals surface area contributed by atoms with Crippen LogP contribution in [0.5, 0.6) is 5.75 Å². The Labute approximate surface area is 230 Å². The van der Waals surface area contributed by atoms with Gasteiger partial charge in [0.15, 0.2) is 10.9 Å². The molecule has 0 saturated carbocycles. The molecule has 0 spiro atoms. The fourth-order valence-electron chi connectivity index (χ4n) is 3.94. The molecular weight excluding hydrogens is 553 g/mol. The van der Waals surface area contributed by atoms with Crippen molar-refractivity contribution in [1.82, 2.24) is 13.9 Å². The molecule has 1 heterocycles. The molecule has 0 unspecified atom stereocenters. The van der Waals surface area contributed by atoms with Crippen molar-refractivity contribution in [2.45, 2.75) is 23.9 Å². The first-order valence-corrected chi connectivity index (χ1v) is 14.7. The second-order valence-corrected chi connectivity index (χ2v) is 11.7. The standard InChI is InChI=1S/C26H25Cl2N3O4S2/c1-4-30(5-2)37(33,34)18-11-13-22-21(15-18)29-26(31(22)23-8-6-7-9-25(23)35-3)36-16-24(32)17-10-12-19(27)20(28)14-17/h6-15H,4-5,16H2,1-3H3. The van der Waals surface area contributed by atoms with Crippen molar-refractivity contribution in [3.63, 3.8) is 0 Å². The lowest BCUT2D eigenvalue weighted by molar-refractivity contribution is 0.102. The number of rotatable bonds is 10. The molecule has 0 saturated heterocycles. The van der Waals surface area contributed by atoms with Crippen molar-refractivity contribution in [3.05, 3.63) is 76.3 Å². The molecule has 0 radical (unpaired) electrons. The van der Waals surface area contributed by atoms with Gasteiger partial charge < -0.3 is 4.74 Å². The van der Waals surface area contributed by atoms with Gasteiger partial charge in [-0.2, -0.15) is 4.31 Å². The van der Waals surface area contributed by atoms with Crippen molar-refractivity contribution in [1.29, 1.82) is 0 Å². The zero-order valence-corrected chi connectivity index (χ0v) is 23.6. The van der Waals surface area contributed by atoms with E-state index in [1.54, 1.807) is 57.4 Å². The normalized spacial score (nSPS) is 11.8. The first kappa shape index (κ1) is 27.5.